The minimum atomic E-state index is 0.218. The lowest BCUT2D eigenvalue weighted by Crippen LogP contribution is -2.39. The van der Waals surface area contributed by atoms with Gasteiger partial charge in [0.15, 0.2) is 0 Å². The van der Waals surface area contributed by atoms with Gasteiger partial charge in [0.2, 0.25) is 11.7 Å². The Kier molecular flexibility index (Phi) is 5.15. The van der Waals surface area contributed by atoms with Gasteiger partial charge in [0.25, 0.3) is 0 Å². The predicted octanol–water partition coefficient (Wildman–Crippen LogP) is 3.37. The van der Waals surface area contributed by atoms with E-state index in [0.717, 1.165) is 36.5 Å². The molecule has 1 saturated heterocycles. The molecule has 0 unspecified atom stereocenters. The number of nitrogens with zero attached hydrogens (tertiary/aromatic N) is 4. The van der Waals surface area contributed by atoms with Crippen LogP contribution in [0, 0.1) is 0 Å². The summed E-state index contributed by atoms with van der Waals surface area (Å²) in [6.45, 7) is 3.13. The number of likely N-dealkylation sites (tertiary alicyclic amines) is 1. The van der Waals surface area contributed by atoms with Crippen LogP contribution in [0.1, 0.15) is 24.4 Å². The van der Waals surface area contributed by atoms with E-state index in [1.54, 1.807) is 17.5 Å². The van der Waals surface area contributed by atoms with Crippen LogP contribution in [0.2, 0.25) is 0 Å². The van der Waals surface area contributed by atoms with Crippen LogP contribution in [0.15, 0.2) is 46.4 Å². The van der Waals surface area contributed by atoms with Gasteiger partial charge in [0.1, 0.15) is 0 Å². The summed E-state index contributed by atoms with van der Waals surface area (Å²) in [5.41, 5.74) is 0.970. The van der Waals surface area contributed by atoms with Crippen molar-refractivity contribution in [3.8, 4) is 10.7 Å². The zero-order valence-electron chi connectivity index (χ0n) is 13.9. The van der Waals surface area contributed by atoms with E-state index in [1.165, 1.54) is 0 Å². The summed E-state index contributed by atoms with van der Waals surface area (Å²) in [5.74, 6) is 1.33. The van der Waals surface area contributed by atoms with Crippen molar-refractivity contribution < 1.29 is 9.26 Å². The molecule has 7 heteroatoms. The molecule has 3 aromatic heterocycles. The molecular weight excluding hydrogens is 336 g/mol. The Labute approximate surface area is 150 Å². The van der Waals surface area contributed by atoms with Crippen molar-refractivity contribution in [2.24, 2.45) is 0 Å². The molecule has 0 radical (unpaired) electrons. The highest BCUT2D eigenvalue weighted by molar-refractivity contribution is 7.13. The maximum absolute atomic E-state index is 6.03. The molecule has 4 rings (SSSR count). The molecule has 1 fully saturated rings. The van der Waals surface area contributed by atoms with Gasteiger partial charge in [0, 0.05) is 12.7 Å². The van der Waals surface area contributed by atoms with E-state index >= 15 is 0 Å². The Bertz CT molecular complexity index is 775. The van der Waals surface area contributed by atoms with Crippen molar-refractivity contribution in [2.75, 3.05) is 13.1 Å². The Morgan fingerprint density at radius 2 is 2.28 bits per heavy atom. The third kappa shape index (κ3) is 4.31. The SMILES string of the molecule is c1ccc(CO[C@H]2CCCN(Cc3nc(-c4cccs4)no3)C2)nc1. The topological polar surface area (TPSA) is 64.3 Å². The Morgan fingerprint density at radius 1 is 1.28 bits per heavy atom. The first-order valence-corrected chi connectivity index (χ1v) is 9.35. The number of aromatic nitrogens is 3. The number of ether oxygens (including phenoxy) is 1. The summed E-state index contributed by atoms with van der Waals surface area (Å²) in [4.78, 5) is 12.2. The van der Waals surface area contributed by atoms with Crippen molar-refractivity contribution in [3.63, 3.8) is 0 Å². The number of rotatable bonds is 6. The molecule has 0 bridgehead atoms. The van der Waals surface area contributed by atoms with Crippen LogP contribution in [0.5, 0.6) is 0 Å². The summed E-state index contributed by atoms with van der Waals surface area (Å²) < 4.78 is 11.4. The molecular formula is C18H20N4O2S. The second-order valence-electron chi connectivity index (χ2n) is 6.12. The van der Waals surface area contributed by atoms with Gasteiger partial charge in [0.05, 0.1) is 29.8 Å². The molecule has 1 atom stereocenters. The fourth-order valence-electron chi connectivity index (χ4n) is 3.00. The van der Waals surface area contributed by atoms with Crippen LogP contribution in [-0.2, 0) is 17.9 Å². The number of pyridine rings is 1. The summed E-state index contributed by atoms with van der Waals surface area (Å²) in [6, 6.07) is 9.89. The van der Waals surface area contributed by atoms with Crippen LogP contribution in [0.25, 0.3) is 10.7 Å². The highest BCUT2D eigenvalue weighted by Gasteiger charge is 2.22. The lowest BCUT2D eigenvalue weighted by molar-refractivity contribution is -0.0153. The quantitative estimate of drug-likeness (QED) is 0.675. The number of thiophene rings is 1. The maximum atomic E-state index is 6.03. The van der Waals surface area contributed by atoms with Gasteiger partial charge in [-0.15, -0.1) is 11.3 Å². The van der Waals surface area contributed by atoms with E-state index < -0.39 is 0 Å². The lowest BCUT2D eigenvalue weighted by atomic mass is 10.1. The highest BCUT2D eigenvalue weighted by atomic mass is 32.1. The van der Waals surface area contributed by atoms with Gasteiger partial charge in [-0.2, -0.15) is 4.98 Å². The van der Waals surface area contributed by atoms with Crippen molar-refractivity contribution in [1.82, 2.24) is 20.0 Å². The highest BCUT2D eigenvalue weighted by Crippen LogP contribution is 2.22. The Morgan fingerprint density at radius 3 is 3.12 bits per heavy atom. The summed E-state index contributed by atoms with van der Waals surface area (Å²) in [6.07, 6.45) is 4.20. The van der Waals surface area contributed by atoms with Gasteiger partial charge in [-0.3, -0.25) is 9.88 Å². The van der Waals surface area contributed by atoms with Crippen LogP contribution >= 0.6 is 11.3 Å². The largest absolute Gasteiger partial charge is 0.371 e. The zero-order valence-corrected chi connectivity index (χ0v) is 14.7. The number of piperidine rings is 1. The third-order valence-corrected chi connectivity index (χ3v) is 5.09. The summed E-state index contributed by atoms with van der Waals surface area (Å²) in [5, 5.41) is 6.09. The average Bonchev–Trinajstić information content (AvgIpc) is 3.33. The first-order valence-electron chi connectivity index (χ1n) is 8.47. The first-order chi connectivity index (χ1) is 12.4. The lowest BCUT2D eigenvalue weighted by Gasteiger charge is -2.31. The van der Waals surface area contributed by atoms with E-state index in [4.69, 9.17) is 9.26 Å². The molecule has 0 amide bonds. The van der Waals surface area contributed by atoms with Gasteiger partial charge >= 0.3 is 0 Å². The molecule has 1 aliphatic rings. The van der Waals surface area contributed by atoms with E-state index in [2.05, 4.69) is 20.0 Å². The number of hydrogen-bond donors (Lipinski definition) is 0. The zero-order chi connectivity index (χ0) is 16.9. The second-order valence-corrected chi connectivity index (χ2v) is 7.07. The smallest absolute Gasteiger partial charge is 0.241 e. The molecule has 3 aromatic rings. The Balaban J connectivity index is 1.31. The van der Waals surface area contributed by atoms with Crippen molar-refractivity contribution in [2.45, 2.75) is 32.1 Å². The fraction of sp³-hybridized carbons (Fsp3) is 0.389. The molecule has 25 heavy (non-hydrogen) atoms. The van der Waals surface area contributed by atoms with Crippen LogP contribution in [-0.4, -0.2) is 39.2 Å². The molecule has 1 aliphatic heterocycles. The molecule has 130 valence electrons. The predicted molar refractivity (Wildman–Crippen MR) is 94.9 cm³/mol. The monoisotopic (exact) mass is 356 g/mol. The molecule has 0 saturated carbocycles. The minimum absolute atomic E-state index is 0.218. The molecule has 0 N–H and O–H groups in total. The van der Waals surface area contributed by atoms with E-state index in [9.17, 15) is 0 Å². The van der Waals surface area contributed by atoms with Gasteiger partial charge in [-0.1, -0.05) is 17.3 Å². The minimum Gasteiger partial charge on any atom is -0.371 e. The van der Waals surface area contributed by atoms with E-state index in [1.807, 2.05) is 35.7 Å². The molecule has 6 nitrogen and oxygen atoms in total. The van der Waals surface area contributed by atoms with Gasteiger partial charge < -0.3 is 9.26 Å². The molecule has 4 heterocycles. The first kappa shape index (κ1) is 16.4. The molecule has 0 aliphatic carbocycles. The molecule has 0 aromatic carbocycles. The maximum Gasteiger partial charge on any atom is 0.241 e. The fourth-order valence-corrected chi connectivity index (χ4v) is 3.64. The van der Waals surface area contributed by atoms with Crippen LogP contribution in [0.3, 0.4) is 0 Å². The second kappa shape index (κ2) is 7.86. The van der Waals surface area contributed by atoms with E-state index in [-0.39, 0.29) is 6.10 Å². The van der Waals surface area contributed by atoms with Gasteiger partial charge in [-0.25, -0.2) is 0 Å². The van der Waals surface area contributed by atoms with Gasteiger partial charge in [-0.05, 0) is 43.0 Å². The summed E-state index contributed by atoms with van der Waals surface area (Å²) >= 11 is 1.62. The molecule has 0 spiro atoms. The van der Waals surface area contributed by atoms with Crippen LogP contribution in [0.4, 0.5) is 0 Å². The van der Waals surface area contributed by atoms with Crippen molar-refractivity contribution in [1.29, 1.82) is 0 Å². The number of hydrogen-bond acceptors (Lipinski definition) is 7. The van der Waals surface area contributed by atoms with Crippen LogP contribution < -0.4 is 0 Å². The Hall–Kier alpha value is -2.09. The standard InChI is InChI=1S/C18H20N4O2S/c1-2-8-19-14(5-1)13-23-15-6-3-9-22(11-15)12-17-20-18(21-24-17)16-7-4-10-25-16/h1-2,4-5,7-8,10,15H,3,6,9,11-13H2/t15-/m0/s1. The summed E-state index contributed by atoms with van der Waals surface area (Å²) in [7, 11) is 0. The van der Waals surface area contributed by atoms with Crippen molar-refractivity contribution in [3.05, 3.63) is 53.5 Å². The third-order valence-electron chi connectivity index (χ3n) is 4.22. The van der Waals surface area contributed by atoms with Crippen molar-refractivity contribution >= 4 is 11.3 Å². The normalized spacial score (nSPS) is 18.5. The average molecular weight is 356 g/mol. The van der Waals surface area contributed by atoms with E-state index in [0.29, 0.717) is 24.9 Å².